The van der Waals surface area contributed by atoms with Crippen molar-refractivity contribution in [3.8, 4) is 11.1 Å². The lowest BCUT2D eigenvalue weighted by molar-refractivity contribution is -0.121. The zero-order valence-corrected chi connectivity index (χ0v) is 18.8. The van der Waals surface area contributed by atoms with E-state index in [2.05, 4.69) is 17.4 Å². The van der Waals surface area contributed by atoms with Crippen LogP contribution >= 0.6 is 47.2 Å². The Labute approximate surface area is 194 Å². The first kappa shape index (κ1) is 20.9. The largest absolute Gasteiger partial charge is 0.367 e. The van der Waals surface area contributed by atoms with Crippen molar-refractivity contribution in [2.24, 2.45) is 0 Å². The average molecular weight is 471 g/mol. The molecule has 0 aliphatic carbocycles. The summed E-state index contributed by atoms with van der Waals surface area (Å²) in [5.74, 6) is -0.149. The number of amides is 1. The SMILES string of the molecule is O=C1/C(=C\c2ccc(Cl)cc2Cl)SC(=S)N1CNc1ccc(-c2ccccc2)cc1. The molecule has 1 N–H and O–H groups in total. The van der Waals surface area contributed by atoms with Crippen molar-refractivity contribution in [2.45, 2.75) is 0 Å². The Morgan fingerprint density at radius 3 is 2.37 bits per heavy atom. The topological polar surface area (TPSA) is 32.3 Å². The minimum Gasteiger partial charge on any atom is -0.367 e. The van der Waals surface area contributed by atoms with Crippen molar-refractivity contribution in [3.63, 3.8) is 0 Å². The van der Waals surface area contributed by atoms with E-state index in [9.17, 15) is 4.79 Å². The van der Waals surface area contributed by atoms with Crippen LogP contribution in [0.4, 0.5) is 5.69 Å². The van der Waals surface area contributed by atoms with E-state index in [0.717, 1.165) is 22.4 Å². The van der Waals surface area contributed by atoms with Crippen molar-refractivity contribution < 1.29 is 4.79 Å². The number of rotatable bonds is 5. The fraction of sp³-hybridized carbons (Fsp3) is 0.0435. The van der Waals surface area contributed by atoms with E-state index in [-0.39, 0.29) is 5.91 Å². The highest BCUT2D eigenvalue weighted by atomic mass is 35.5. The summed E-state index contributed by atoms with van der Waals surface area (Å²) in [5.41, 5.74) is 3.93. The van der Waals surface area contributed by atoms with Crippen molar-refractivity contribution in [3.05, 3.63) is 93.3 Å². The molecule has 0 spiro atoms. The fourth-order valence-corrected chi connectivity index (χ4v) is 4.69. The van der Waals surface area contributed by atoms with E-state index in [1.54, 1.807) is 29.2 Å². The molecule has 3 nitrogen and oxygen atoms in total. The molecule has 30 heavy (non-hydrogen) atoms. The summed E-state index contributed by atoms with van der Waals surface area (Å²) in [6, 6.07) is 23.4. The second-order valence-electron chi connectivity index (χ2n) is 6.55. The maximum absolute atomic E-state index is 12.8. The summed E-state index contributed by atoms with van der Waals surface area (Å²) in [7, 11) is 0. The predicted molar refractivity (Wildman–Crippen MR) is 132 cm³/mol. The standard InChI is InChI=1S/C23H16Cl2N2OS2/c24-18-9-6-17(20(25)13-18)12-21-22(28)27(23(29)30-21)14-26-19-10-7-16(8-11-19)15-4-2-1-3-5-15/h1-13,26H,14H2/b21-12+. The van der Waals surface area contributed by atoms with Gasteiger partial charge in [-0.25, -0.2) is 0 Å². The highest BCUT2D eigenvalue weighted by Gasteiger charge is 2.31. The minimum absolute atomic E-state index is 0.149. The fourth-order valence-electron chi connectivity index (χ4n) is 2.98. The highest BCUT2D eigenvalue weighted by Crippen LogP contribution is 2.34. The van der Waals surface area contributed by atoms with Gasteiger partial charge in [-0.1, -0.05) is 95.7 Å². The van der Waals surface area contributed by atoms with Crippen LogP contribution in [-0.4, -0.2) is 21.8 Å². The number of thioether (sulfide) groups is 1. The first-order valence-corrected chi connectivity index (χ1v) is 11.1. The van der Waals surface area contributed by atoms with Gasteiger partial charge in [0.25, 0.3) is 5.91 Å². The molecule has 150 valence electrons. The zero-order valence-electron chi connectivity index (χ0n) is 15.6. The van der Waals surface area contributed by atoms with Gasteiger partial charge < -0.3 is 5.32 Å². The first-order valence-electron chi connectivity index (χ1n) is 9.11. The Hall–Kier alpha value is -2.31. The molecule has 1 aliphatic heterocycles. The lowest BCUT2D eigenvalue weighted by atomic mass is 10.1. The van der Waals surface area contributed by atoms with E-state index in [1.807, 2.05) is 42.5 Å². The predicted octanol–water partition coefficient (Wildman–Crippen LogP) is 6.93. The van der Waals surface area contributed by atoms with Gasteiger partial charge in [-0.2, -0.15) is 0 Å². The van der Waals surface area contributed by atoms with Gasteiger partial charge in [0.15, 0.2) is 0 Å². The molecular formula is C23H16Cl2N2OS2. The molecule has 0 atom stereocenters. The Kier molecular flexibility index (Phi) is 6.44. The average Bonchev–Trinajstić information content (AvgIpc) is 3.02. The second kappa shape index (κ2) is 9.23. The highest BCUT2D eigenvalue weighted by molar-refractivity contribution is 8.26. The second-order valence-corrected chi connectivity index (χ2v) is 9.07. The summed E-state index contributed by atoms with van der Waals surface area (Å²) in [5, 5.41) is 4.30. The Balaban J connectivity index is 1.43. The Morgan fingerprint density at radius 1 is 0.967 bits per heavy atom. The molecule has 0 radical (unpaired) electrons. The van der Waals surface area contributed by atoms with Crippen LogP contribution in [0.2, 0.25) is 10.0 Å². The van der Waals surface area contributed by atoms with Crippen molar-refractivity contribution in [1.82, 2.24) is 4.90 Å². The van der Waals surface area contributed by atoms with Crippen LogP contribution < -0.4 is 5.32 Å². The molecule has 1 amide bonds. The van der Waals surface area contributed by atoms with Crippen LogP contribution in [0.1, 0.15) is 5.56 Å². The Morgan fingerprint density at radius 2 is 1.67 bits per heavy atom. The number of benzene rings is 3. The molecule has 1 aliphatic rings. The number of carbonyl (C=O) groups excluding carboxylic acids is 1. The molecule has 7 heteroatoms. The minimum atomic E-state index is -0.149. The van der Waals surface area contributed by atoms with Crippen LogP contribution in [0.25, 0.3) is 17.2 Å². The third kappa shape index (κ3) is 4.71. The van der Waals surface area contributed by atoms with E-state index < -0.39 is 0 Å². The first-order chi connectivity index (χ1) is 14.5. The van der Waals surface area contributed by atoms with Crippen LogP contribution in [0, 0.1) is 0 Å². The molecule has 0 saturated carbocycles. The van der Waals surface area contributed by atoms with Crippen LogP contribution in [0.15, 0.2) is 77.7 Å². The Bertz CT molecular complexity index is 1130. The van der Waals surface area contributed by atoms with E-state index >= 15 is 0 Å². The number of hydrogen-bond acceptors (Lipinski definition) is 4. The van der Waals surface area contributed by atoms with Gasteiger partial charge in [0.1, 0.15) is 4.32 Å². The van der Waals surface area contributed by atoms with Crippen LogP contribution in [-0.2, 0) is 4.79 Å². The zero-order chi connectivity index (χ0) is 21.1. The molecule has 1 fully saturated rings. The van der Waals surface area contributed by atoms with Crippen molar-refractivity contribution >= 4 is 69.2 Å². The number of carbonyl (C=O) groups is 1. The summed E-state index contributed by atoms with van der Waals surface area (Å²) < 4.78 is 0.504. The third-order valence-corrected chi connectivity index (χ3v) is 6.50. The van der Waals surface area contributed by atoms with Crippen LogP contribution in [0.5, 0.6) is 0 Å². The number of thiocarbonyl (C=S) groups is 1. The van der Waals surface area contributed by atoms with Gasteiger partial charge in [0.05, 0.1) is 11.6 Å². The van der Waals surface area contributed by atoms with Gasteiger partial charge in [0.2, 0.25) is 0 Å². The molecule has 1 saturated heterocycles. The lowest BCUT2D eigenvalue weighted by Gasteiger charge is -2.16. The normalized spacial score (nSPS) is 15.1. The summed E-state index contributed by atoms with van der Waals surface area (Å²) >= 11 is 18.8. The molecular weight excluding hydrogens is 455 g/mol. The van der Waals surface area contributed by atoms with E-state index in [4.69, 9.17) is 35.4 Å². The van der Waals surface area contributed by atoms with Gasteiger partial charge in [0, 0.05) is 15.7 Å². The number of nitrogens with one attached hydrogen (secondary N) is 1. The molecule has 3 aromatic carbocycles. The maximum atomic E-state index is 12.8. The molecule has 0 aromatic heterocycles. The maximum Gasteiger partial charge on any atom is 0.267 e. The van der Waals surface area contributed by atoms with Gasteiger partial charge in [-0.15, -0.1) is 0 Å². The lowest BCUT2D eigenvalue weighted by Crippen LogP contribution is -2.33. The van der Waals surface area contributed by atoms with E-state index in [0.29, 0.717) is 25.9 Å². The summed E-state index contributed by atoms with van der Waals surface area (Å²) in [6.45, 7) is 0.293. The third-order valence-electron chi connectivity index (χ3n) is 4.56. The molecule has 0 bridgehead atoms. The van der Waals surface area contributed by atoms with Gasteiger partial charge in [-0.3, -0.25) is 9.69 Å². The van der Waals surface area contributed by atoms with Crippen LogP contribution in [0.3, 0.4) is 0 Å². The quantitative estimate of drug-likeness (QED) is 0.323. The number of anilines is 1. The number of hydrogen-bond donors (Lipinski definition) is 1. The summed E-state index contributed by atoms with van der Waals surface area (Å²) in [6.07, 6.45) is 1.74. The van der Waals surface area contributed by atoms with E-state index in [1.165, 1.54) is 11.8 Å². The molecule has 0 unspecified atom stereocenters. The number of nitrogens with zero attached hydrogens (tertiary/aromatic N) is 1. The van der Waals surface area contributed by atoms with Gasteiger partial charge in [-0.05, 0) is 47.0 Å². The monoisotopic (exact) mass is 470 g/mol. The molecule has 1 heterocycles. The van der Waals surface area contributed by atoms with Gasteiger partial charge >= 0.3 is 0 Å². The molecule has 4 rings (SSSR count). The number of halogens is 2. The smallest absolute Gasteiger partial charge is 0.267 e. The summed E-state index contributed by atoms with van der Waals surface area (Å²) in [4.78, 5) is 14.9. The van der Waals surface area contributed by atoms with Crippen molar-refractivity contribution in [1.29, 1.82) is 0 Å². The van der Waals surface area contributed by atoms with Crippen molar-refractivity contribution in [2.75, 3.05) is 12.0 Å². The molecule has 3 aromatic rings.